The molecule has 0 radical (unpaired) electrons. The molecule has 2 aromatic heterocycles. The average molecular weight is 337 g/mol. The first-order valence-electron chi connectivity index (χ1n) is 8.75. The van der Waals surface area contributed by atoms with Crippen molar-refractivity contribution in [1.29, 1.82) is 0 Å². The highest BCUT2D eigenvalue weighted by Gasteiger charge is 2.21. The summed E-state index contributed by atoms with van der Waals surface area (Å²) in [6.07, 6.45) is 6.80. The summed E-state index contributed by atoms with van der Waals surface area (Å²) in [5.41, 5.74) is 1.87. The van der Waals surface area contributed by atoms with Crippen molar-refractivity contribution in [1.82, 2.24) is 9.55 Å². The lowest BCUT2D eigenvalue weighted by molar-refractivity contribution is 0.354. The predicted molar refractivity (Wildman–Crippen MR) is 97.8 cm³/mol. The van der Waals surface area contributed by atoms with E-state index in [1.807, 2.05) is 30.3 Å². The van der Waals surface area contributed by atoms with Crippen molar-refractivity contribution < 1.29 is 4.39 Å². The fourth-order valence-electron chi connectivity index (χ4n) is 3.68. The summed E-state index contributed by atoms with van der Waals surface area (Å²) in [5, 5.41) is 3.97. The molecule has 0 amide bonds. The first kappa shape index (κ1) is 15.8. The molecule has 0 atom stereocenters. The molecule has 2 heterocycles. The molecule has 1 saturated carbocycles. The van der Waals surface area contributed by atoms with Gasteiger partial charge in [0.2, 0.25) is 5.95 Å². The standard InChI is InChI=1S/C20H20FN3O/c21-19-12-18-14(13-22-19)11-17(23-15-7-3-1-4-8-15)20(25)24(18)16-9-5-2-6-10-16/h1,3-4,7-8,11-13,16,23H,2,5-6,9-10H2. The Morgan fingerprint density at radius 2 is 1.84 bits per heavy atom. The number of pyridine rings is 2. The molecule has 0 aliphatic heterocycles. The van der Waals surface area contributed by atoms with E-state index in [1.165, 1.54) is 18.7 Å². The Hall–Kier alpha value is -2.69. The van der Waals surface area contributed by atoms with Gasteiger partial charge >= 0.3 is 0 Å². The SMILES string of the molecule is O=c1c(Nc2ccccc2)cc2cnc(F)cc2n1C1CCCCC1. The molecule has 4 rings (SSSR count). The number of hydrogen-bond donors (Lipinski definition) is 1. The van der Waals surface area contributed by atoms with Crippen LogP contribution in [0.5, 0.6) is 0 Å². The number of hydrogen-bond acceptors (Lipinski definition) is 3. The number of rotatable bonds is 3. The van der Waals surface area contributed by atoms with Gasteiger partial charge in [-0.2, -0.15) is 4.39 Å². The summed E-state index contributed by atoms with van der Waals surface area (Å²) < 4.78 is 15.5. The Morgan fingerprint density at radius 1 is 1.08 bits per heavy atom. The van der Waals surface area contributed by atoms with Gasteiger partial charge < -0.3 is 9.88 Å². The molecule has 0 spiro atoms. The molecule has 0 bridgehead atoms. The van der Waals surface area contributed by atoms with E-state index >= 15 is 0 Å². The largest absolute Gasteiger partial charge is 0.351 e. The zero-order chi connectivity index (χ0) is 17.2. The van der Waals surface area contributed by atoms with Crippen molar-refractivity contribution in [3.8, 4) is 0 Å². The second-order valence-corrected chi connectivity index (χ2v) is 6.58. The molecule has 4 nitrogen and oxygen atoms in total. The highest BCUT2D eigenvalue weighted by atomic mass is 19.1. The van der Waals surface area contributed by atoms with Gasteiger partial charge in [0.15, 0.2) is 0 Å². The Balaban J connectivity index is 1.88. The van der Waals surface area contributed by atoms with Gasteiger partial charge in [-0.15, -0.1) is 0 Å². The van der Waals surface area contributed by atoms with Gasteiger partial charge in [-0.3, -0.25) is 4.79 Å². The van der Waals surface area contributed by atoms with E-state index in [0.29, 0.717) is 11.2 Å². The van der Waals surface area contributed by atoms with Gasteiger partial charge in [-0.05, 0) is 31.0 Å². The van der Waals surface area contributed by atoms with Crippen molar-refractivity contribution in [2.75, 3.05) is 5.32 Å². The first-order valence-corrected chi connectivity index (χ1v) is 8.75. The summed E-state index contributed by atoms with van der Waals surface area (Å²) in [6.45, 7) is 0. The van der Waals surface area contributed by atoms with Gasteiger partial charge in [0, 0.05) is 29.4 Å². The van der Waals surface area contributed by atoms with Crippen LogP contribution in [0, 0.1) is 5.95 Å². The van der Waals surface area contributed by atoms with E-state index in [0.717, 1.165) is 36.8 Å². The van der Waals surface area contributed by atoms with E-state index in [2.05, 4.69) is 10.3 Å². The number of aromatic nitrogens is 2. The number of nitrogens with one attached hydrogen (secondary N) is 1. The molecule has 0 unspecified atom stereocenters. The van der Waals surface area contributed by atoms with E-state index in [-0.39, 0.29) is 11.6 Å². The van der Waals surface area contributed by atoms with Crippen LogP contribution in [0.2, 0.25) is 0 Å². The van der Waals surface area contributed by atoms with Crippen molar-refractivity contribution >= 4 is 22.3 Å². The number of fused-ring (bicyclic) bond motifs is 1. The molecule has 128 valence electrons. The number of anilines is 2. The first-order chi connectivity index (χ1) is 12.2. The van der Waals surface area contributed by atoms with E-state index < -0.39 is 5.95 Å². The second kappa shape index (κ2) is 6.67. The highest BCUT2D eigenvalue weighted by Crippen LogP contribution is 2.30. The highest BCUT2D eigenvalue weighted by molar-refractivity contribution is 5.82. The van der Waals surface area contributed by atoms with E-state index in [4.69, 9.17) is 0 Å². The third-order valence-corrected chi connectivity index (χ3v) is 4.88. The molecule has 0 saturated heterocycles. The summed E-state index contributed by atoms with van der Waals surface area (Å²) in [6, 6.07) is 12.8. The lowest BCUT2D eigenvalue weighted by Crippen LogP contribution is -2.28. The molecule has 25 heavy (non-hydrogen) atoms. The second-order valence-electron chi connectivity index (χ2n) is 6.58. The Bertz CT molecular complexity index is 946. The van der Waals surface area contributed by atoms with Crippen molar-refractivity contribution in [3.05, 3.63) is 65.0 Å². The Morgan fingerprint density at radius 3 is 2.60 bits per heavy atom. The van der Waals surface area contributed by atoms with Crippen LogP contribution in [0.25, 0.3) is 10.9 Å². The topological polar surface area (TPSA) is 46.9 Å². The third-order valence-electron chi connectivity index (χ3n) is 4.88. The van der Waals surface area contributed by atoms with Crippen molar-refractivity contribution in [3.63, 3.8) is 0 Å². The third kappa shape index (κ3) is 3.14. The summed E-state index contributed by atoms with van der Waals surface area (Å²) in [5.74, 6) is -0.555. The van der Waals surface area contributed by atoms with Crippen molar-refractivity contribution in [2.45, 2.75) is 38.1 Å². The van der Waals surface area contributed by atoms with Crippen molar-refractivity contribution in [2.24, 2.45) is 0 Å². The monoisotopic (exact) mass is 337 g/mol. The van der Waals surface area contributed by atoms with Gasteiger partial charge in [0.1, 0.15) is 5.69 Å². The van der Waals surface area contributed by atoms with Crippen LogP contribution in [0.1, 0.15) is 38.1 Å². The molecule has 1 aliphatic carbocycles. The number of halogens is 1. The molecule has 5 heteroatoms. The summed E-state index contributed by atoms with van der Waals surface area (Å²) in [4.78, 5) is 16.9. The number of para-hydroxylation sites is 1. The number of benzene rings is 1. The normalized spacial score (nSPS) is 15.4. The van der Waals surface area contributed by atoms with Crippen LogP contribution in [0.4, 0.5) is 15.8 Å². The fourth-order valence-corrected chi connectivity index (χ4v) is 3.68. The molecule has 1 N–H and O–H groups in total. The zero-order valence-electron chi connectivity index (χ0n) is 13.9. The molecule has 1 aliphatic rings. The minimum absolute atomic E-state index is 0.103. The maximum atomic E-state index is 13.7. The summed E-state index contributed by atoms with van der Waals surface area (Å²) in [7, 11) is 0. The lowest BCUT2D eigenvalue weighted by atomic mass is 9.94. The van der Waals surface area contributed by atoms with Crippen LogP contribution in [0.3, 0.4) is 0 Å². The van der Waals surface area contributed by atoms with Crippen LogP contribution in [-0.4, -0.2) is 9.55 Å². The van der Waals surface area contributed by atoms with Gasteiger partial charge in [-0.1, -0.05) is 37.5 Å². The predicted octanol–water partition coefficient (Wildman–Crippen LogP) is 4.78. The molecular formula is C20H20FN3O. The van der Waals surface area contributed by atoms with Crippen LogP contribution < -0.4 is 10.9 Å². The minimum Gasteiger partial charge on any atom is -0.351 e. The fraction of sp³-hybridized carbons (Fsp3) is 0.300. The molecule has 1 aromatic carbocycles. The van der Waals surface area contributed by atoms with Gasteiger partial charge in [0.05, 0.1) is 5.52 Å². The zero-order valence-corrected chi connectivity index (χ0v) is 13.9. The molecular weight excluding hydrogens is 317 g/mol. The maximum Gasteiger partial charge on any atom is 0.274 e. The average Bonchev–Trinajstić information content (AvgIpc) is 2.64. The van der Waals surface area contributed by atoms with Gasteiger partial charge in [-0.25, -0.2) is 4.98 Å². The number of nitrogens with zero attached hydrogens (tertiary/aromatic N) is 2. The smallest absolute Gasteiger partial charge is 0.274 e. The maximum absolute atomic E-state index is 13.7. The quantitative estimate of drug-likeness (QED) is 0.699. The van der Waals surface area contributed by atoms with Crippen LogP contribution >= 0.6 is 0 Å². The van der Waals surface area contributed by atoms with Crippen LogP contribution in [0.15, 0.2) is 53.5 Å². The van der Waals surface area contributed by atoms with E-state index in [9.17, 15) is 9.18 Å². The molecule has 3 aromatic rings. The van der Waals surface area contributed by atoms with E-state index in [1.54, 1.807) is 10.6 Å². The molecule has 1 fully saturated rings. The summed E-state index contributed by atoms with van der Waals surface area (Å²) >= 11 is 0. The van der Waals surface area contributed by atoms with Gasteiger partial charge in [0.25, 0.3) is 5.56 Å². The Kier molecular flexibility index (Phi) is 4.22. The van der Waals surface area contributed by atoms with Crippen LogP contribution in [-0.2, 0) is 0 Å². The lowest BCUT2D eigenvalue weighted by Gasteiger charge is -2.26. The Labute approximate surface area is 145 Å². The minimum atomic E-state index is -0.555.